The highest BCUT2D eigenvalue weighted by Crippen LogP contribution is 2.34. The minimum absolute atomic E-state index is 0.0685. The molecule has 1 amide bonds. The summed E-state index contributed by atoms with van der Waals surface area (Å²) in [4.78, 5) is 14.9. The average molecular weight is 319 g/mol. The van der Waals surface area contributed by atoms with Gasteiger partial charge in [0.25, 0.3) is 0 Å². The second-order valence-electron chi connectivity index (χ2n) is 6.72. The van der Waals surface area contributed by atoms with Crippen LogP contribution in [0.4, 0.5) is 0 Å². The lowest BCUT2D eigenvalue weighted by atomic mass is 9.84. The van der Waals surface area contributed by atoms with Gasteiger partial charge in [0.05, 0.1) is 12.2 Å². The number of carbonyl (C=O) groups excluding carboxylic acids is 1. The van der Waals surface area contributed by atoms with Crippen LogP contribution in [0.15, 0.2) is 24.3 Å². The van der Waals surface area contributed by atoms with E-state index in [4.69, 9.17) is 4.74 Å². The Labute approximate surface area is 136 Å². The first-order valence-corrected chi connectivity index (χ1v) is 8.37. The summed E-state index contributed by atoms with van der Waals surface area (Å²) in [5.74, 6) is 0.345. The van der Waals surface area contributed by atoms with Crippen LogP contribution in [0, 0.1) is 5.92 Å². The number of aliphatic hydroxyl groups is 1. The van der Waals surface area contributed by atoms with Crippen molar-refractivity contribution in [2.45, 2.75) is 56.9 Å². The molecule has 1 aromatic rings. The highest BCUT2D eigenvalue weighted by atomic mass is 16.5. The van der Waals surface area contributed by atoms with Gasteiger partial charge in [-0.1, -0.05) is 12.1 Å². The summed E-state index contributed by atoms with van der Waals surface area (Å²) in [5.41, 5.74) is 1.03. The largest absolute Gasteiger partial charge is 0.508 e. The van der Waals surface area contributed by atoms with Crippen LogP contribution in [0.3, 0.4) is 0 Å². The van der Waals surface area contributed by atoms with Crippen molar-refractivity contribution in [3.63, 3.8) is 0 Å². The fraction of sp³-hybridized carbons (Fsp3) is 0.611. The second-order valence-corrected chi connectivity index (χ2v) is 6.72. The number of rotatable bonds is 5. The Balaban J connectivity index is 1.68. The number of phenols is 1. The van der Waals surface area contributed by atoms with E-state index in [1.54, 1.807) is 19.2 Å². The first-order valence-electron chi connectivity index (χ1n) is 8.37. The van der Waals surface area contributed by atoms with Gasteiger partial charge in [-0.2, -0.15) is 0 Å². The number of hydrogen-bond acceptors (Lipinski definition) is 4. The molecular formula is C18H25NO4. The average Bonchev–Trinajstić information content (AvgIpc) is 3.39. The maximum absolute atomic E-state index is 13.0. The lowest BCUT2D eigenvalue weighted by Gasteiger charge is -2.35. The molecule has 126 valence electrons. The Kier molecular flexibility index (Phi) is 4.87. The Morgan fingerprint density at radius 3 is 2.52 bits per heavy atom. The quantitative estimate of drug-likeness (QED) is 0.871. The van der Waals surface area contributed by atoms with Crippen molar-refractivity contribution in [3.05, 3.63) is 29.8 Å². The summed E-state index contributed by atoms with van der Waals surface area (Å²) in [6.07, 6.45) is 3.35. The molecule has 0 aliphatic heterocycles. The molecule has 0 radical (unpaired) electrons. The Hall–Kier alpha value is -1.59. The highest BCUT2D eigenvalue weighted by molar-refractivity contribution is 5.79. The molecule has 0 saturated heterocycles. The molecule has 5 heteroatoms. The molecule has 1 aromatic carbocycles. The van der Waals surface area contributed by atoms with Crippen molar-refractivity contribution in [2.75, 3.05) is 7.11 Å². The van der Waals surface area contributed by atoms with E-state index in [-0.39, 0.29) is 23.7 Å². The summed E-state index contributed by atoms with van der Waals surface area (Å²) in [5, 5.41) is 19.3. The first-order chi connectivity index (χ1) is 11.1. The van der Waals surface area contributed by atoms with Crippen LogP contribution in [0.25, 0.3) is 0 Å². The Morgan fingerprint density at radius 2 is 1.91 bits per heavy atom. The van der Waals surface area contributed by atoms with Crippen molar-refractivity contribution >= 4 is 5.91 Å². The van der Waals surface area contributed by atoms with Gasteiger partial charge in [0, 0.05) is 25.6 Å². The van der Waals surface area contributed by atoms with Crippen molar-refractivity contribution < 1.29 is 19.7 Å². The van der Waals surface area contributed by atoms with E-state index in [0.717, 1.165) is 24.8 Å². The van der Waals surface area contributed by atoms with Gasteiger partial charge in [-0.05, 0) is 49.8 Å². The van der Waals surface area contributed by atoms with Gasteiger partial charge in [0.15, 0.2) is 0 Å². The van der Waals surface area contributed by atoms with E-state index in [1.807, 2.05) is 17.0 Å². The summed E-state index contributed by atoms with van der Waals surface area (Å²) < 4.78 is 5.32. The first kappa shape index (κ1) is 16.3. The van der Waals surface area contributed by atoms with Crippen LogP contribution in [-0.4, -0.2) is 46.4 Å². The van der Waals surface area contributed by atoms with E-state index in [0.29, 0.717) is 25.4 Å². The highest BCUT2D eigenvalue weighted by Gasteiger charge is 2.39. The van der Waals surface area contributed by atoms with Crippen LogP contribution in [0.5, 0.6) is 5.75 Å². The number of ether oxygens (including phenoxy) is 1. The molecule has 2 aliphatic rings. The molecule has 3 rings (SSSR count). The number of aromatic hydroxyl groups is 1. The van der Waals surface area contributed by atoms with Gasteiger partial charge in [0.1, 0.15) is 5.75 Å². The van der Waals surface area contributed by atoms with E-state index >= 15 is 0 Å². The number of amides is 1. The molecule has 2 N–H and O–H groups in total. The molecule has 23 heavy (non-hydrogen) atoms. The maximum Gasteiger partial charge on any atom is 0.226 e. The van der Waals surface area contributed by atoms with Crippen molar-refractivity contribution in [1.29, 1.82) is 0 Å². The number of benzene rings is 1. The number of hydrogen-bond donors (Lipinski definition) is 2. The Bertz CT molecular complexity index is 540. The van der Waals surface area contributed by atoms with Gasteiger partial charge in [0.2, 0.25) is 5.91 Å². The standard InChI is InChI=1S/C18H25NO4/c1-23-17-10-13(4-9-16(17)21)18(22)19(14-5-6-14)11-12-2-7-15(20)8-3-12/h2-3,7-8,13-14,16-17,20-21H,4-6,9-11H2,1H3/t13-,16+,17-/m1/s1. The smallest absolute Gasteiger partial charge is 0.226 e. The van der Waals surface area contributed by atoms with Crippen molar-refractivity contribution in [1.82, 2.24) is 4.90 Å². The van der Waals surface area contributed by atoms with E-state index < -0.39 is 6.10 Å². The molecule has 0 heterocycles. The monoisotopic (exact) mass is 319 g/mol. The van der Waals surface area contributed by atoms with Gasteiger partial charge in [-0.25, -0.2) is 0 Å². The number of nitrogens with zero attached hydrogens (tertiary/aromatic N) is 1. The molecule has 3 atom stereocenters. The molecule has 0 aromatic heterocycles. The molecule has 2 saturated carbocycles. The third-order valence-corrected chi connectivity index (χ3v) is 4.97. The molecule has 2 fully saturated rings. The van der Waals surface area contributed by atoms with E-state index in [1.165, 1.54) is 0 Å². The lowest BCUT2D eigenvalue weighted by Crippen LogP contribution is -2.43. The summed E-state index contributed by atoms with van der Waals surface area (Å²) in [6.45, 7) is 0.584. The zero-order valence-corrected chi connectivity index (χ0v) is 13.5. The van der Waals surface area contributed by atoms with Crippen LogP contribution in [-0.2, 0) is 16.1 Å². The number of aliphatic hydroxyl groups excluding tert-OH is 1. The fourth-order valence-corrected chi connectivity index (χ4v) is 3.40. The third kappa shape index (κ3) is 3.85. The minimum Gasteiger partial charge on any atom is -0.508 e. The predicted molar refractivity (Wildman–Crippen MR) is 85.8 cm³/mol. The summed E-state index contributed by atoms with van der Waals surface area (Å²) in [7, 11) is 1.59. The van der Waals surface area contributed by atoms with Gasteiger partial charge in [-0.3, -0.25) is 4.79 Å². The normalized spacial score (nSPS) is 27.7. The molecule has 0 bridgehead atoms. The molecule has 5 nitrogen and oxygen atoms in total. The number of carbonyl (C=O) groups is 1. The van der Waals surface area contributed by atoms with E-state index in [9.17, 15) is 15.0 Å². The SMILES string of the molecule is CO[C@@H]1C[C@H](C(=O)N(Cc2ccc(O)cc2)C2CC2)CC[C@@H]1O. The summed E-state index contributed by atoms with van der Waals surface area (Å²) in [6, 6.07) is 7.37. The second kappa shape index (κ2) is 6.89. The van der Waals surface area contributed by atoms with E-state index in [2.05, 4.69) is 0 Å². The lowest BCUT2D eigenvalue weighted by molar-refractivity contribution is -0.142. The summed E-state index contributed by atoms with van der Waals surface area (Å²) >= 11 is 0. The minimum atomic E-state index is -0.462. The van der Waals surface area contributed by atoms with Crippen LogP contribution in [0.2, 0.25) is 0 Å². The van der Waals surface area contributed by atoms with Crippen LogP contribution in [0.1, 0.15) is 37.7 Å². The topological polar surface area (TPSA) is 70.0 Å². The van der Waals surface area contributed by atoms with Gasteiger partial charge in [-0.15, -0.1) is 0 Å². The van der Waals surface area contributed by atoms with Crippen LogP contribution >= 0.6 is 0 Å². The number of phenolic OH excluding ortho intramolecular Hbond substituents is 1. The molecule has 0 spiro atoms. The predicted octanol–water partition coefficient (Wildman–Crippen LogP) is 2.06. The van der Waals surface area contributed by atoms with Crippen molar-refractivity contribution in [3.8, 4) is 5.75 Å². The molecule has 0 unspecified atom stereocenters. The zero-order chi connectivity index (χ0) is 16.4. The van der Waals surface area contributed by atoms with Gasteiger partial charge >= 0.3 is 0 Å². The third-order valence-electron chi connectivity index (χ3n) is 4.97. The van der Waals surface area contributed by atoms with Gasteiger partial charge < -0.3 is 19.8 Å². The fourth-order valence-electron chi connectivity index (χ4n) is 3.40. The molecule has 2 aliphatic carbocycles. The maximum atomic E-state index is 13.0. The zero-order valence-electron chi connectivity index (χ0n) is 13.5. The van der Waals surface area contributed by atoms with Crippen LogP contribution < -0.4 is 0 Å². The number of methoxy groups -OCH3 is 1. The molecular weight excluding hydrogens is 294 g/mol. The van der Waals surface area contributed by atoms with Crippen molar-refractivity contribution in [2.24, 2.45) is 5.92 Å². The Morgan fingerprint density at radius 1 is 1.22 bits per heavy atom.